The second kappa shape index (κ2) is 13.3. The number of carbonyl (C=O) groups is 2. The first-order valence-electron chi connectivity index (χ1n) is 11.8. The molecule has 3 rings (SSSR count). The van der Waals surface area contributed by atoms with Gasteiger partial charge in [-0.15, -0.1) is 11.3 Å². The first kappa shape index (κ1) is 29.7. The highest BCUT2D eigenvalue weighted by Gasteiger charge is 2.35. The van der Waals surface area contributed by atoms with Crippen LogP contribution in [0.25, 0.3) is 0 Å². The Morgan fingerprint density at radius 1 is 1.00 bits per heavy atom. The van der Waals surface area contributed by atoms with Gasteiger partial charge in [-0.1, -0.05) is 48.5 Å². The van der Waals surface area contributed by atoms with Crippen molar-refractivity contribution in [3.05, 3.63) is 82.9 Å². The third-order valence-corrected chi connectivity index (χ3v) is 8.15. The van der Waals surface area contributed by atoms with E-state index in [1.54, 1.807) is 60.7 Å². The van der Waals surface area contributed by atoms with Crippen molar-refractivity contribution in [2.75, 3.05) is 17.6 Å². The van der Waals surface area contributed by atoms with Gasteiger partial charge < -0.3 is 20.8 Å². The van der Waals surface area contributed by atoms with Crippen molar-refractivity contribution in [3.8, 4) is 6.07 Å². The van der Waals surface area contributed by atoms with E-state index in [0.29, 0.717) is 5.56 Å². The van der Waals surface area contributed by atoms with Gasteiger partial charge in [-0.3, -0.25) is 9.59 Å². The predicted octanol–water partition coefficient (Wildman–Crippen LogP) is 1.31. The zero-order chi connectivity index (χ0) is 28.6. The van der Waals surface area contributed by atoms with E-state index in [4.69, 9.17) is 0 Å². The molecule has 11 nitrogen and oxygen atoms in total. The van der Waals surface area contributed by atoms with Gasteiger partial charge in [0.15, 0.2) is 5.13 Å². The molecule has 0 fully saturated rings. The molecule has 0 aliphatic heterocycles. The van der Waals surface area contributed by atoms with Crippen LogP contribution >= 0.6 is 11.3 Å². The fourth-order valence-electron chi connectivity index (χ4n) is 3.70. The van der Waals surface area contributed by atoms with Crippen molar-refractivity contribution in [1.82, 2.24) is 15.6 Å². The van der Waals surface area contributed by atoms with Crippen molar-refractivity contribution in [2.24, 2.45) is 0 Å². The van der Waals surface area contributed by atoms with Crippen molar-refractivity contribution in [2.45, 2.75) is 37.1 Å². The predicted molar refractivity (Wildman–Crippen MR) is 147 cm³/mol. The largest absolute Gasteiger partial charge is 0.388 e. The molecule has 0 saturated heterocycles. The standard InChI is InChI=1S/C26H29N5O6S2/c1-31(39(2,36)37)26-30-21(16-38-26)25(35)29-20(15-17-9-5-3-6-10-17)23(33)22(32)19(13-14-27)28-24(34)18-11-7-4-8-12-18/h3-12,16,19-20,22-23,32-33H,13,15H2,1-2H3,(H,28,34)(H,29,35). The van der Waals surface area contributed by atoms with Crippen molar-refractivity contribution < 1.29 is 28.2 Å². The first-order chi connectivity index (χ1) is 18.5. The molecule has 2 amide bonds. The number of nitrogens with zero attached hydrogens (tertiary/aromatic N) is 3. The summed E-state index contributed by atoms with van der Waals surface area (Å²) in [5.41, 5.74) is 0.987. The number of aliphatic hydroxyl groups is 2. The summed E-state index contributed by atoms with van der Waals surface area (Å²) in [5, 5.41) is 38.3. The Morgan fingerprint density at radius 3 is 2.15 bits per heavy atom. The number of carbonyl (C=O) groups excluding carboxylic acids is 2. The monoisotopic (exact) mass is 571 g/mol. The molecule has 0 spiro atoms. The molecular formula is C26H29N5O6S2. The Labute approximate surface area is 230 Å². The Balaban J connectivity index is 1.83. The highest BCUT2D eigenvalue weighted by Crippen LogP contribution is 2.22. The van der Waals surface area contributed by atoms with Crippen LogP contribution in [-0.2, 0) is 16.4 Å². The molecule has 0 radical (unpaired) electrons. The molecule has 0 saturated carbocycles. The summed E-state index contributed by atoms with van der Waals surface area (Å²) in [7, 11) is -2.27. The molecule has 1 aromatic heterocycles. The fraction of sp³-hybridized carbons (Fsp3) is 0.308. The summed E-state index contributed by atoms with van der Waals surface area (Å²) < 4.78 is 24.6. The van der Waals surface area contributed by atoms with E-state index in [1.165, 1.54) is 12.4 Å². The molecule has 206 valence electrons. The summed E-state index contributed by atoms with van der Waals surface area (Å²) in [6.07, 6.45) is -2.39. The number of amides is 2. The zero-order valence-corrected chi connectivity index (χ0v) is 22.9. The lowest BCUT2D eigenvalue weighted by Crippen LogP contribution is -2.56. The molecule has 4 unspecified atom stereocenters. The maximum atomic E-state index is 13.1. The zero-order valence-electron chi connectivity index (χ0n) is 21.3. The number of nitrogens with one attached hydrogen (secondary N) is 2. The lowest BCUT2D eigenvalue weighted by Gasteiger charge is -2.32. The Bertz CT molecular complexity index is 1410. The van der Waals surface area contributed by atoms with E-state index in [1.807, 2.05) is 6.07 Å². The van der Waals surface area contributed by atoms with E-state index in [2.05, 4.69) is 15.6 Å². The van der Waals surface area contributed by atoms with Gasteiger partial charge in [0.05, 0.1) is 30.8 Å². The van der Waals surface area contributed by atoms with Crippen LogP contribution < -0.4 is 14.9 Å². The van der Waals surface area contributed by atoms with Gasteiger partial charge in [0.1, 0.15) is 17.9 Å². The number of nitriles is 1. The quantitative estimate of drug-likeness (QED) is 0.252. The van der Waals surface area contributed by atoms with Crippen molar-refractivity contribution >= 4 is 38.3 Å². The number of sulfonamides is 1. The summed E-state index contributed by atoms with van der Waals surface area (Å²) >= 11 is 0.954. The van der Waals surface area contributed by atoms with Crippen LogP contribution in [0.4, 0.5) is 5.13 Å². The lowest BCUT2D eigenvalue weighted by atomic mass is 9.92. The molecule has 4 atom stereocenters. The summed E-state index contributed by atoms with van der Waals surface area (Å²) in [6.45, 7) is 0. The van der Waals surface area contributed by atoms with Crippen LogP contribution in [0.3, 0.4) is 0 Å². The highest BCUT2D eigenvalue weighted by atomic mass is 32.2. The van der Waals surface area contributed by atoms with Gasteiger partial charge in [-0.25, -0.2) is 17.7 Å². The van der Waals surface area contributed by atoms with Crippen molar-refractivity contribution in [1.29, 1.82) is 5.26 Å². The van der Waals surface area contributed by atoms with Gasteiger partial charge in [0, 0.05) is 18.0 Å². The minimum absolute atomic E-state index is 0.0730. The van der Waals surface area contributed by atoms with Crippen LogP contribution in [0.15, 0.2) is 66.0 Å². The summed E-state index contributed by atoms with van der Waals surface area (Å²) in [4.78, 5) is 29.8. The van der Waals surface area contributed by atoms with Gasteiger partial charge in [0.2, 0.25) is 10.0 Å². The van der Waals surface area contributed by atoms with E-state index >= 15 is 0 Å². The molecule has 39 heavy (non-hydrogen) atoms. The highest BCUT2D eigenvalue weighted by molar-refractivity contribution is 7.92. The average Bonchev–Trinajstić information content (AvgIpc) is 3.42. The van der Waals surface area contributed by atoms with E-state index in [0.717, 1.165) is 27.5 Å². The number of hydrogen-bond acceptors (Lipinski definition) is 9. The number of benzene rings is 2. The molecule has 0 aliphatic rings. The Hall–Kier alpha value is -3.83. The van der Waals surface area contributed by atoms with E-state index in [-0.39, 0.29) is 23.7 Å². The second-order valence-electron chi connectivity index (χ2n) is 8.80. The smallest absolute Gasteiger partial charge is 0.271 e. The second-order valence-corrected chi connectivity index (χ2v) is 11.7. The van der Waals surface area contributed by atoms with Gasteiger partial charge in [-0.05, 0) is 24.1 Å². The molecule has 1 heterocycles. The molecule has 3 aromatic rings. The first-order valence-corrected chi connectivity index (χ1v) is 14.6. The minimum Gasteiger partial charge on any atom is -0.388 e. The molecule has 13 heteroatoms. The van der Waals surface area contributed by atoms with Gasteiger partial charge >= 0.3 is 0 Å². The molecule has 0 bridgehead atoms. The third-order valence-electron chi connectivity index (χ3n) is 5.94. The van der Waals surface area contributed by atoms with Gasteiger partial charge in [-0.2, -0.15) is 5.26 Å². The number of rotatable bonds is 12. The number of hydrogen-bond donors (Lipinski definition) is 4. The Morgan fingerprint density at radius 2 is 1.56 bits per heavy atom. The van der Waals surface area contributed by atoms with Crippen molar-refractivity contribution in [3.63, 3.8) is 0 Å². The van der Waals surface area contributed by atoms with E-state index in [9.17, 15) is 33.5 Å². The Kier molecular flexibility index (Phi) is 10.1. The maximum absolute atomic E-state index is 13.1. The minimum atomic E-state index is -3.59. The normalized spacial score (nSPS) is 14.3. The SMILES string of the molecule is CN(c1nc(C(=O)NC(Cc2ccccc2)C(O)C(O)C(CC#N)NC(=O)c2ccccc2)cs1)S(C)(=O)=O. The summed E-state index contributed by atoms with van der Waals surface area (Å²) in [6, 6.07) is 16.9. The number of anilines is 1. The lowest BCUT2D eigenvalue weighted by molar-refractivity contribution is -0.0212. The average molecular weight is 572 g/mol. The fourth-order valence-corrected chi connectivity index (χ4v) is 5.23. The van der Waals surface area contributed by atoms with Crippen LogP contribution in [0.1, 0.15) is 32.8 Å². The molecular weight excluding hydrogens is 542 g/mol. The van der Waals surface area contributed by atoms with Crippen LogP contribution in [0.5, 0.6) is 0 Å². The number of aliphatic hydroxyl groups excluding tert-OH is 2. The molecule has 0 aliphatic carbocycles. The third kappa shape index (κ3) is 8.08. The number of aromatic nitrogens is 1. The molecule has 4 N–H and O–H groups in total. The number of thiazole rings is 1. The van der Waals surface area contributed by atoms with Gasteiger partial charge in [0.25, 0.3) is 11.8 Å². The van der Waals surface area contributed by atoms with Crippen LogP contribution in [-0.4, -0.2) is 73.0 Å². The molecule has 2 aromatic carbocycles. The van der Waals surface area contributed by atoms with Crippen LogP contribution in [0, 0.1) is 11.3 Å². The topological polar surface area (TPSA) is 173 Å². The maximum Gasteiger partial charge on any atom is 0.271 e. The van der Waals surface area contributed by atoms with Crippen LogP contribution in [0.2, 0.25) is 0 Å². The summed E-state index contributed by atoms with van der Waals surface area (Å²) in [5.74, 6) is -1.23. The van der Waals surface area contributed by atoms with E-state index < -0.39 is 46.1 Å².